The van der Waals surface area contributed by atoms with E-state index in [9.17, 15) is 5.11 Å². The number of benzene rings is 2. The van der Waals surface area contributed by atoms with Crippen LogP contribution in [0, 0.1) is 0 Å². The zero-order chi connectivity index (χ0) is 15.8. The van der Waals surface area contributed by atoms with Crippen LogP contribution < -0.4 is 0 Å². The molecule has 1 heteroatoms. The minimum absolute atomic E-state index is 0.0988. The van der Waals surface area contributed by atoms with Gasteiger partial charge in [-0.3, -0.25) is 0 Å². The number of hydrogen-bond donors (Lipinski definition) is 1. The lowest BCUT2D eigenvalue weighted by Gasteiger charge is -2.30. The molecule has 1 N–H and O–H groups in total. The second-order valence-electron chi connectivity index (χ2n) is 8.48. The van der Waals surface area contributed by atoms with Gasteiger partial charge in [0.2, 0.25) is 0 Å². The fourth-order valence-corrected chi connectivity index (χ4v) is 5.29. The van der Waals surface area contributed by atoms with E-state index < -0.39 is 0 Å². The summed E-state index contributed by atoms with van der Waals surface area (Å²) >= 11 is 0. The molecule has 2 aliphatic carbocycles. The van der Waals surface area contributed by atoms with Crippen molar-refractivity contribution in [1.82, 2.24) is 0 Å². The molecule has 1 nitrogen and oxygen atoms in total. The summed E-state index contributed by atoms with van der Waals surface area (Å²) in [5, 5.41) is 9.96. The van der Waals surface area contributed by atoms with Crippen molar-refractivity contribution >= 4 is 0 Å². The van der Waals surface area contributed by atoms with E-state index in [0.29, 0.717) is 5.75 Å². The Morgan fingerprint density at radius 2 is 1.27 bits per heavy atom. The first kappa shape index (κ1) is 13.9. The predicted octanol–water partition coefficient (Wildman–Crippen LogP) is 5.04. The van der Waals surface area contributed by atoms with Crippen molar-refractivity contribution < 1.29 is 5.11 Å². The van der Waals surface area contributed by atoms with Gasteiger partial charge in [0, 0.05) is 5.41 Å². The number of aromatic hydroxyl groups is 1. The largest absolute Gasteiger partial charge is 0.508 e. The number of fused-ring (bicyclic) bond motifs is 4. The van der Waals surface area contributed by atoms with Crippen LogP contribution >= 0.6 is 0 Å². The Hall–Kier alpha value is -1.76. The smallest absolute Gasteiger partial charge is 0.115 e. The third-order valence-electron chi connectivity index (χ3n) is 5.91. The van der Waals surface area contributed by atoms with Crippen molar-refractivity contribution in [2.24, 2.45) is 0 Å². The second kappa shape index (κ2) is 3.95. The van der Waals surface area contributed by atoms with Gasteiger partial charge < -0.3 is 5.11 Å². The molecule has 0 heterocycles. The van der Waals surface area contributed by atoms with E-state index in [0.717, 1.165) is 12.8 Å². The molecule has 0 bridgehead atoms. The van der Waals surface area contributed by atoms with Gasteiger partial charge in [-0.1, -0.05) is 58.0 Å². The van der Waals surface area contributed by atoms with Crippen molar-refractivity contribution in [2.75, 3.05) is 0 Å². The lowest BCUT2D eigenvalue weighted by Crippen LogP contribution is -2.26. The maximum atomic E-state index is 9.96. The Morgan fingerprint density at radius 3 is 1.95 bits per heavy atom. The first-order chi connectivity index (χ1) is 10.3. The average Bonchev–Trinajstić information content (AvgIpc) is 2.80. The van der Waals surface area contributed by atoms with Gasteiger partial charge in [0.1, 0.15) is 5.75 Å². The first-order valence-electron chi connectivity index (χ1n) is 8.20. The standard InChI is InChI=1S/C21H24O/c1-19(2)12-21(16-8-6-5-7-15(16)19)13-20(3,4)18-11-14(22)9-10-17(18)21/h5-11,22H,12-13H2,1-4H3. The molecule has 2 aromatic rings. The Labute approximate surface area is 133 Å². The average molecular weight is 292 g/mol. The van der Waals surface area contributed by atoms with Crippen LogP contribution in [0.1, 0.15) is 62.8 Å². The number of phenolic OH excluding ortho intramolecular Hbond substituents is 1. The second-order valence-corrected chi connectivity index (χ2v) is 8.48. The summed E-state index contributed by atoms with van der Waals surface area (Å²) < 4.78 is 0. The molecule has 0 radical (unpaired) electrons. The van der Waals surface area contributed by atoms with Gasteiger partial charge in [0.05, 0.1) is 0 Å². The highest BCUT2D eigenvalue weighted by atomic mass is 16.3. The van der Waals surface area contributed by atoms with Gasteiger partial charge in [-0.15, -0.1) is 0 Å². The summed E-state index contributed by atoms with van der Waals surface area (Å²) in [5.41, 5.74) is 6.14. The molecule has 2 aromatic carbocycles. The highest BCUT2D eigenvalue weighted by Crippen LogP contribution is 2.62. The highest BCUT2D eigenvalue weighted by Gasteiger charge is 2.55. The van der Waals surface area contributed by atoms with Gasteiger partial charge in [-0.05, 0) is 58.1 Å². The molecular formula is C21H24O. The Balaban J connectivity index is 2.03. The van der Waals surface area contributed by atoms with Crippen molar-refractivity contribution in [3.63, 3.8) is 0 Å². The van der Waals surface area contributed by atoms with Crippen LogP contribution in [0.2, 0.25) is 0 Å². The van der Waals surface area contributed by atoms with Gasteiger partial charge >= 0.3 is 0 Å². The summed E-state index contributed by atoms with van der Waals surface area (Å²) in [6.45, 7) is 9.36. The van der Waals surface area contributed by atoms with Crippen LogP contribution in [0.5, 0.6) is 5.75 Å². The van der Waals surface area contributed by atoms with E-state index in [1.807, 2.05) is 12.1 Å². The van der Waals surface area contributed by atoms with E-state index in [4.69, 9.17) is 0 Å². The van der Waals surface area contributed by atoms with Crippen molar-refractivity contribution in [1.29, 1.82) is 0 Å². The summed E-state index contributed by atoms with van der Waals surface area (Å²) in [5.74, 6) is 0.384. The molecular weight excluding hydrogens is 268 g/mol. The third-order valence-corrected chi connectivity index (χ3v) is 5.91. The summed E-state index contributed by atoms with van der Waals surface area (Å²) in [7, 11) is 0. The minimum atomic E-state index is 0.0988. The zero-order valence-electron chi connectivity index (χ0n) is 13.9. The number of rotatable bonds is 0. The van der Waals surface area contributed by atoms with Gasteiger partial charge in [0.15, 0.2) is 0 Å². The maximum Gasteiger partial charge on any atom is 0.115 e. The summed E-state index contributed by atoms with van der Waals surface area (Å²) in [6.07, 6.45) is 2.28. The van der Waals surface area contributed by atoms with E-state index in [-0.39, 0.29) is 16.2 Å². The molecule has 0 saturated heterocycles. The van der Waals surface area contributed by atoms with Crippen LogP contribution in [0.25, 0.3) is 0 Å². The molecule has 114 valence electrons. The Morgan fingerprint density at radius 1 is 0.727 bits per heavy atom. The predicted molar refractivity (Wildman–Crippen MR) is 90.6 cm³/mol. The summed E-state index contributed by atoms with van der Waals surface area (Å²) in [4.78, 5) is 0. The van der Waals surface area contributed by atoms with Crippen LogP contribution in [0.4, 0.5) is 0 Å². The van der Waals surface area contributed by atoms with Crippen molar-refractivity contribution in [2.45, 2.75) is 56.8 Å². The Kier molecular flexibility index (Phi) is 2.49. The molecule has 0 aromatic heterocycles. The number of phenols is 1. The van der Waals surface area contributed by atoms with Gasteiger partial charge in [0.25, 0.3) is 0 Å². The first-order valence-corrected chi connectivity index (χ1v) is 8.20. The lowest BCUT2D eigenvalue weighted by atomic mass is 9.72. The summed E-state index contributed by atoms with van der Waals surface area (Å²) in [6, 6.07) is 15.0. The van der Waals surface area contributed by atoms with Crippen molar-refractivity contribution in [3.8, 4) is 5.75 Å². The SMILES string of the molecule is CC1(C)CC2(CC(C)(C)c3cc(O)ccc32)c2ccccc21. The maximum absolute atomic E-state index is 9.96. The van der Waals surface area contributed by atoms with Crippen LogP contribution in [-0.2, 0) is 16.2 Å². The van der Waals surface area contributed by atoms with Crippen LogP contribution in [0.15, 0.2) is 42.5 Å². The molecule has 0 saturated carbocycles. The quantitative estimate of drug-likeness (QED) is 0.721. The van der Waals surface area contributed by atoms with Crippen LogP contribution in [-0.4, -0.2) is 5.11 Å². The number of hydrogen-bond acceptors (Lipinski definition) is 1. The fourth-order valence-electron chi connectivity index (χ4n) is 5.29. The van der Waals surface area contributed by atoms with Crippen LogP contribution in [0.3, 0.4) is 0 Å². The van der Waals surface area contributed by atoms with Gasteiger partial charge in [-0.2, -0.15) is 0 Å². The lowest BCUT2D eigenvalue weighted by molar-refractivity contribution is 0.349. The van der Waals surface area contributed by atoms with E-state index in [1.165, 1.54) is 22.3 Å². The minimum Gasteiger partial charge on any atom is -0.508 e. The molecule has 1 atom stereocenters. The highest BCUT2D eigenvalue weighted by molar-refractivity contribution is 5.60. The van der Waals surface area contributed by atoms with Gasteiger partial charge in [-0.25, -0.2) is 0 Å². The monoisotopic (exact) mass is 292 g/mol. The molecule has 0 fully saturated rings. The molecule has 2 aliphatic rings. The van der Waals surface area contributed by atoms with E-state index in [1.54, 1.807) is 0 Å². The molecule has 0 aliphatic heterocycles. The van der Waals surface area contributed by atoms with E-state index >= 15 is 0 Å². The Bertz CT molecular complexity index is 769. The molecule has 22 heavy (non-hydrogen) atoms. The molecule has 0 amide bonds. The molecule has 1 spiro atoms. The molecule has 1 unspecified atom stereocenters. The van der Waals surface area contributed by atoms with E-state index in [2.05, 4.69) is 58.0 Å². The fraction of sp³-hybridized carbons (Fsp3) is 0.429. The third kappa shape index (κ3) is 1.60. The molecule has 4 rings (SSSR count). The normalized spacial score (nSPS) is 26.9. The van der Waals surface area contributed by atoms with Crippen molar-refractivity contribution in [3.05, 3.63) is 64.7 Å². The zero-order valence-corrected chi connectivity index (χ0v) is 13.9. The topological polar surface area (TPSA) is 20.2 Å².